The number of aromatic nitrogens is 5. The minimum atomic E-state index is -0.741. The van der Waals surface area contributed by atoms with E-state index in [-0.39, 0.29) is 5.91 Å². The van der Waals surface area contributed by atoms with Crippen LogP contribution in [0.5, 0.6) is 0 Å². The van der Waals surface area contributed by atoms with Crippen molar-refractivity contribution >= 4 is 33.7 Å². The van der Waals surface area contributed by atoms with E-state index >= 15 is 0 Å². The van der Waals surface area contributed by atoms with E-state index < -0.39 is 5.41 Å². The zero-order chi connectivity index (χ0) is 27.9. The summed E-state index contributed by atoms with van der Waals surface area (Å²) >= 11 is 0. The first-order valence-corrected chi connectivity index (χ1v) is 12.2. The Balaban J connectivity index is 1.78. The molecule has 39 heavy (non-hydrogen) atoms. The number of imidazole rings is 1. The summed E-state index contributed by atoms with van der Waals surface area (Å²) < 4.78 is 3.70. The topological polar surface area (TPSA) is 138 Å². The van der Waals surface area contributed by atoms with E-state index in [1.165, 1.54) is 6.92 Å². The van der Waals surface area contributed by atoms with Gasteiger partial charge in [0.05, 0.1) is 51.8 Å². The Morgan fingerprint density at radius 3 is 2.49 bits per heavy atom. The molecule has 192 valence electrons. The molecule has 0 fully saturated rings. The van der Waals surface area contributed by atoms with E-state index in [2.05, 4.69) is 31.3 Å². The van der Waals surface area contributed by atoms with Crippen LogP contribution >= 0.6 is 0 Å². The Morgan fingerprint density at radius 1 is 1.05 bits per heavy atom. The van der Waals surface area contributed by atoms with Crippen molar-refractivity contribution in [3.8, 4) is 29.1 Å². The number of nitrogens with one attached hydrogen (secondary N) is 1. The molecule has 0 saturated heterocycles. The number of nitrogens with zero attached hydrogens (tertiary/aromatic N) is 8. The van der Waals surface area contributed by atoms with Crippen LogP contribution in [0.4, 0.5) is 5.82 Å². The fraction of sp³-hybridized carbons (Fsp3) is 0.207. The number of carbonyl (C=O) groups excluding carboxylic acids is 1. The smallest absolute Gasteiger partial charge is 0.226 e. The van der Waals surface area contributed by atoms with Gasteiger partial charge in [0.15, 0.2) is 0 Å². The molecule has 0 aliphatic carbocycles. The van der Waals surface area contributed by atoms with Crippen LogP contribution in [0.1, 0.15) is 32.0 Å². The Morgan fingerprint density at radius 2 is 1.85 bits per heavy atom. The van der Waals surface area contributed by atoms with Crippen molar-refractivity contribution in [3.05, 3.63) is 71.9 Å². The lowest BCUT2D eigenvalue weighted by Crippen LogP contribution is -2.23. The van der Waals surface area contributed by atoms with Crippen molar-refractivity contribution in [3.63, 3.8) is 0 Å². The average molecular weight is 516 g/mol. The number of nitriles is 2. The quantitative estimate of drug-likeness (QED) is 0.352. The van der Waals surface area contributed by atoms with Crippen molar-refractivity contribution in [2.75, 3.05) is 5.32 Å². The van der Waals surface area contributed by atoms with E-state index in [0.717, 1.165) is 38.6 Å². The molecule has 1 aromatic carbocycles. The van der Waals surface area contributed by atoms with Crippen LogP contribution in [0.2, 0.25) is 0 Å². The highest BCUT2D eigenvalue weighted by Gasteiger charge is 2.22. The summed E-state index contributed by atoms with van der Waals surface area (Å²) in [6, 6.07) is 13.8. The first kappa shape index (κ1) is 25.3. The van der Waals surface area contributed by atoms with Gasteiger partial charge < -0.3 is 9.88 Å². The van der Waals surface area contributed by atoms with Crippen molar-refractivity contribution in [1.82, 2.24) is 24.1 Å². The summed E-state index contributed by atoms with van der Waals surface area (Å²) in [5, 5.41) is 22.6. The predicted octanol–water partition coefficient (Wildman–Crippen LogP) is 4.42. The van der Waals surface area contributed by atoms with Gasteiger partial charge in [-0.05, 0) is 62.2 Å². The number of hydrogen-bond donors (Lipinski definition) is 1. The Kier molecular flexibility index (Phi) is 6.17. The van der Waals surface area contributed by atoms with Crippen LogP contribution in [0.3, 0.4) is 0 Å². The van der Waals surface area contributed by atoms with Crippen LogP contribution in [0.25, 0.3) is 38.8 Å². The minimum Gasteiger partial charge on any atom is -0.311 e. The molecule has 1 N–H and O–H groups in total. The third-order valence-electron chi connectivity index (χ3n) is 6.71. The molecule has 10 nitrogen and oxygen atoms in total. The number of amides is 1. The van der Waals surface area contributed by atoms with Gasteiger partial charge in [-0.2, -0.15) is 10.5 Å². The molecule has 4 heterocycles. The summed E-state index contributed by atoms with van der Waals surface area (Å²) in [6.45, 7) is 7.05. The number of pyridine rings is 3. The first-order valence-electron chi connectivity index (χ1n) is 12.2. The fourth-order valence-corrected chi connectivity index (χ4v) is 4.64. The van der Waals surface area contributed by atoms with Gasteiger partial charge in [-0.15, -0.1) is 4.99 Å². The molecule has 0 aliphatic heterocycles. The second-order valence-corrected chi connectivity index (χ2v) is 9.83. The van der Waals surface area contributed by atoms with Crippen molar-refractivity contribution in [1.29, 1.82) is 10.5 Å². The van der Waals surface area contributed by atoms with Gasteiger partial charge >= 0.3 is 0 Å². The molecule has 0 radical (unpaired) electrons. The van der Waals surface area contributed by atoms with Crippen LogP contribution < -0.4 is 10.9 Å². The lowest BCUT2D eigenvalue weighted by Gasteiger charge is -2.15. The Labute approximate surface area is 224 Å². The highest BCUT2D eigenvalue weighted by atomic mass is 16.1. The summed E-state index contributed by atoms with van der Waals surface area (Å²) in [5.74, 6) is 0.313. The van der Waals surface area contributed by atoms with Crippen LogP contribution in [-0.4, -0.2) is 30.0 Å². The number of carbonyl (C=O) groups is 1. The molecular formula is C29H25N9O. The Bertz CT molecular complexity index is 1930. The van der Waals surface area contributed by atoms with Gasteiger partial charge in [0.1, 0.15) is 5.82 Å². The molecule has 0 spiro atoms. The van der Waals surface area contributed by atoms with Gasteiger partial charge in [0.2, 0.25) is 17.7 Å². The zero-order valence-electron chi connectivity index (χ0n) is 22.2. The van der Waals surface area contributed by atoms with Crippen LogP contribution in [-0.2, 0) is 17.3 Å². The molecule has 0 saturated carbocycles. The van der Waals surface area contributed by atoms with Gasteiger partial charge in [-0.3, -0.25) is 19.3 Å². The van der Waals surface area contributed by atoms with E-state index in [9.17, 15) is 15.3 Å². The maximum absolute atomic E-state index is 11.4. The molecule has 4 aromatic heterocycles. The monoisotopic (exact) mass is 515 g/mol. The van der Waals surface area contributed by atoms with E-state index in [1.807, 2.05) is 79.5 Å². The maximum Gasteiger partial charge on any atom is 0.226 e. The molecule has 0 atom stereocenters. The zero-order valence-corrected chi connectivity index (χ0v) is 22.2. The average Bonchev–Trinajstić information content (AvgIpc) is 3.20. The van der Waals surface area contributed by atoms with Gasteiger partial charge in [-0.25, -0.2) is 4.98 Å². The highest BCUT2D eigenvalue weighted by Crippen LogP contribution is 2.31. The molecule has 1 amide bonds. The predicted molar refractivity (Wildman–Crippen MR) is 147 cm³/mol. The molecule has 0 unspecified atom stereocenters. The van der Waals surface area contributed by atoms with Crippen molar-refractivity contribution in [2.24, 2.45) is 12.0 Å². The summed E-state index contributed by atoms with van der Waals surface area (Å²) in [4.78, 5) is 29.2. The number of aryl methyl sites for hydroxylation is 2. The maximum atomic E-state index is 11.4. The largest absolute Gasteiger partial charge is 0.311 e. The summed E-state index contributed by atoms with van der Waals surface area (Å²) in [6.07, 6.45) is 7.11. The van der Waals surface area contributed by atoms with Crippen molar-refractivity contribution in [2.45, 2.75) is 33.1 Å². The molecule has 0 bridgehead atoms. The van der Waals surface area contributed by atoms with Crippen molar-refractivity contribution < 1.29 is 4.79 Å². The number of anilines is 1. The number of benzene rings is 1. The van der Waals surface area contributed by atoms with E-state index in [0.29, 0.717) is 22.8 Å². The van der Waals surface area contributed by atoms with E-state index in [1.54, 1.807) is 18.6 Å². The second kappa shape index (κ2) is 9.51. The van der Waals surface area contributed by atoms with Gasteiger partial charge in [0.25, 0.3) is 0 Å². The lowest BCUT2D eigenvalue weighted by atomic mass is 9.91. The normalized spacial score (nSPS) is 11.9. The Hall–Kier alpha value is -5.35. The SMILES string of the molecule is CC(=O)Nc1cc(C)c(-c2ccc3ncc4c(c3c2)n(-c2ccc(C(C)(C)C#N)nc2)/c(=N\C#N)n4C)cn1. The molecule has 10 heteroatoms. The minimum absolute atomic E-state index is 0.181. The fourth-order valence-electron chi connectivity index (χ4n) is 4.64. The lowest BCUT2D eigenvalue weighted by molar-refractivity contribution is -0.114. The standard InChI is InChI=1S/C29H25N9O/c1-17-10-26(36-18(2)39)34-13-22(17)19-6-8-23-21(11-19)27-24(14-32-23)37(5)28(35-16-31)38(27)20-7-9-25(33-12-20)29(3,4)15-30/h6-14H,1-5H3,(H,34,36,39)/b35-28-. The third kappa shape index (κ3) is 4.38. The molecule has 5 rings (SSSR count). The number of rotatable bonds is 4. The summed E-state index contributed by atoms with van der Waals surface area (Å²) in [7, 11) is 1.84. The molecule has 5 aromatic rings. The number of hydrogen-bond acceptors (Lipinski definition) is 7. The highest BCUT2D eigenvalue weighted by molar-refractivity contribution is 6.04. The van der Waals surface area contributed by atoms with Crippen LogP contribution in [0, 0.1) is 29.7 Å². The van der Waals surface area contributed by atoms with E-state index in [4.69, 9.17) is 0 Å². The molecular weight excluding hydrogens is 490 g/mol. The van der Waals surface area contributed by atoms with Gasteiger partial charge in [0, 0.05) is 31.1 Å². The third-order valence-corrected chi connectivity index (χ3v) is 6.71. The molecule has 0 aliphatic rings. The first-order chi connectivity index (χ1) is 18.6. The van der Waals surface area contributed by atoms with Crippen LogP contribution in [0.15, 0.2) is 60.0 Å². The summed E-state index contributed by atoms with van der Waals surface area (Å²) in [5.41, 5.74) is 6.17. The van der Waals surface area contributed by atoms with Gasteiger partial charge in [-0.1, -0.05) is 6.07 Å². The number of fused-ring (bicyclic) bond motifs is 3. The second-order valence-electron chi connectivity index (χ2n) is 9.83.